The molecule has 0 aromatic heterocycles. The van der Waals surface area contributed by atoms with Crippen molar-refractivity contribution in [3.8, 4) is 0 Å². The molecule has 2 rings (SSSR count). The summed E-state index contributed by atoms with van der Waals surface area (Å²) >= 11 is 0. The van der Waals surface area contributed by atoms with Gasteiger partial charge in [-0.1, -0.05) is 25.0 Å². The van der Waals surface area contributed by atoms with Gasteiger partial charge in [-0.25, -0.2) is 4.39 Å². The van der Waals surface area contributed by atoms with E-state index < -0.39 is 5.82 Å². The van der Waals surface area contributed by atoms with Crippen molar-refractivity contribution >= 4 is 5.91 Å². The van der Waals surface area contributed by atoms with Crippen molar-refractivity contribution in [2.75, 3.05) is 19.6 Å². The number of rotatable bonds is 5. The molecule has 0 radical (unpaired) electrons. The molecule has 1 saturated heterocycles. The molecule has 1 amide bonds. The Labute approximate surface area is 126 Å². The van der Waals surface area contributed by atoms with Gasteiger partial charge in [-0.3, -0.25) is 4.79 Å². The van der Waals surface area contributed by atoms with Gasteiger partial charge in [0.25, 0.3) is 5.91 Å². The third-order valence-electron chi connectivity index (χ3n) is 3.99. The first-order chi connectivity index (χ1) is 10.1. The zero-order chi connectivity index (χ0) is 15.2. The summed E-state index contributed by atoms with van der Waals surface area (Å²) in [7, 11) is 0. The van der Waals surface area contributed by atoms with Gasteiger partial charge in [-0.15, -0.1) is 0 Å². The minimum absolute atomic E-state index is 0.189. The second-order valence-corrected chi connectivity index (χ2v) is 5.88. The Bertz CT molecular complexity index is 484. The number of carbonyl (C=O) groups excluding carboxylic acids is 1. The third kappa shape index (κ3) is 4.27. The van der Waals surface area contributed by atoms with Gasteiger partial charge in [-0.2, -0.15) is 0 Å². The SMILES string of the molecule is CCCN(CC1CCCCN1)C(=O)c1cc(C)ccc1F. The van der Waals surface area contributed by atoms with E-state index in [1.165, 1.54) is 18.9 Å². The lowest BCUT2D eigenvalue weighted by Crippen LogP contribution is -2.46. The molecule has 3 nitrogen and oxygen atoms in total. The Hall–Kier alpha value is -1.42. The maximum absolute atomic E-state index is 13.9. The first-order valence-electron chi connectivity index (χ1n) is 7.90. The van der Waals surface area contributed by atoms with E-state index in [0.29, 0.717) is 19.1 Å². The molecule has 1 aliphatic heterocycles. The van der Waals surface area contributed by atoms with Crippen LogP contribution in [0.4, 0.5) is 4.39 Å². The number of piperidine rings is 1. The van der Waals surface area contributed by atoms with E-state index in [-0.39, 0.29) is 11.5 Å². The molecule has 0 bridgehead atoms. The van der Waals surface area contributed by atoms with Crippen molar-refractivity contribution in [2.45, 2.75) is 45.6 Å². The fraction of sp³-hybridized carbons (Fsp3) is 0.588. The second kappa shape index (κ2) is 7.55. The van der Waals surface area contributed by atoms with Crippen LogP contribution in [0.2, 0.25) is 0 Å². The Morgan fingerprint density at radius 1 is 1.43 bits per heavy atom. The maximum Gasteiger partial charge on any atom is 0.256 e. The van der Waals surface area contributed by atoms with Gasteiger partial charge in [0.2, 0.25) is 0 Å². The van der Waals surface area contributed by atoms with Crippen LogP contribution in [0, 0.1) is 12.7 Å². The van der Waals surface area contributed by atoms with Crippen LogP contribution in [0.1, 0.15) is 48.5 Å². The summed E-state index contributed by atoms with van der Waals surface area (Å²) in [5.74, 6) is -0.617. The molecule has 4 heteroatoms. The monoisotopic (exact) mass is 292 g/mol. The van der Waals surface area contributed by atoms with Crippen molar-refractivity contribution in [3.63, 3.8) is 0 Å². The predicted molar refractivity (Wildman–Crippen MR) is 83.0 cm³/mol. The molecule has 0 saturated carbocycles. The maximum atomic E-state index is 13.9. The lowest BCUT2D eigenvalue weighted by Gasteiger charge is -2.30. The van der Waals surface area contributed by atoms with Gasteiger partial charge >= 0.3 is 0 Å². The molecule has 1 aromatic carbocycles. The number of nitrogens with one attached hydrogen (secondary N) is 1. The van der Waals surface area contributed by atoms with E-state index >= 15 is 0 Å². The number of nitrogens with zero attached hydrogens (tertiary/aromatic N) is 1. The van der Waals surface area contributed by atoms with Gasteiger partial charge in [-0.05, 0) is 44.9 Å². The van der Waals surface area contributed by atoms with Gasteiger partial charge in [0.15, 0.2) is 0 Å². The lowest BCUT2D eigenvalue weighted by atomic mass is 10.0. The van der Waals surface area contributed by atoms with Gasteiger partial charge < -0.3 is 10.2 Å². The molecular weight excluding hydrogens is 267 g/mol. The van der Waals surface area contributed by atoms with E-state index in [9.17, 15) is 9.18 Å². The Kier molecular flexibility index (Phi) is 5.74. The summed E-state index contributed by atoms with van der Waals surface area (Å²) in [6.45, 7) is 6.27. The van der Waals surface area contributed by atoms with E-state index in [1.54, 1.807) is 17.0 Å². The van der Waals surface area contributed by atoms with Crippen molar-refractivity contribution in [1.29, 1.82) is 0 Å². The quantitative estimate of drug-likeness (QED) is 0.904. The lowest BCUT2D eigenvalue weighted by molar-refractivity contribution is 0.0727. The first kappa shape index (κ1) is 16.0. The van der Waals surface area contributed by atoms with Crippen LogP contribution >= 0.6 is 0 Å². The number of halogens is 1. The van der Waals surface area contributed by atoms with Gasteiger partial charge in [0, 0.05) is 19.1 Å². The van der Waals surface area contributed by atoms with Crippen LogP contribution in [-0.2, 0) is 0 Å². The van der Waals surface area contributed by atoms with Crippen molar-refractivity contribution < 1.29 is 9.18 Å². The zero-order valence-corrected chi connectivity index (χ0v) is 13.0. The molecule has 116 valence electrons. The molecule has 0 spiro atoms. The average molecular weight is 292 g/mol. The minimum Gasteiger partial charge on any atom is -0.337 e. The number of hydrogen-bond donors (Lipinski definition) is 1. The van der Waals surface area contributed by atoms with Crippen LogP contribution < -0.4 is 5.32 Å². The van der Waals surface area contributed by atoms with Crippen molar-refractivity contribution in [3.05, 3.63) is 35.1 Å². The highest BCUT2D eigenvalue weighted by molar-refractivity contribution is 5.94. The summed E-state index contributed by atoms with van der Waals surface area (Å²) < 4.78 is 13.9. The topological polar surface area (TPSA) is 32.3 Å². The minimum atomic E-state index is -0.427. The average Bonchev–Trinajstić information content (AvgIpc) is 2.49. The predicted octanol–water partition coefficient (Wildman–Crippen LogP) is 3.13. The molecule has 0 aliphatic carbocycles. The number of benzene rings is 1. The number of carbonyl (C=O) groups is 1. The fourth-order valence-corrected chi connectivity index (χ4v) is 2.86. The number of hydrogen-bond acceptors (Lipinski definition) is 2. The van der Waals surface area contributed by atoms with E-state index in [1.807, 2.05) is 13.8 Å². The molecule has 21 heavy (non-hydrogen) atoms. The van der Waals surface area contributed by atoms with Gasteiger partial charge in [0.1, 0.15) is 5.82 Å². The van der Waals surface area contributed by atoms with Gasteiger partial charge in [0.05, 0.1) is 5.56 Å². The summed E-state index contributed by atoms with van der Waals surface area (Å²) in [5, 5.41) is 3.45. The van der Waals surface area contributed by atoms with Crippen LogP contribution in [0.25, 0.3) is 0 Å². The van der Waals surface area contributed by atoms with E-state index in [4.69, 9.17) is 0 Å². The van der Waals surface area contributed by atoms with E-state index in [2.05, 4.69) is 5.32 Å². The van der Waals surface area contributed by atoms with E-state index in [0.717, 1.165) is 24.9 Å². The molecule has 1 aliphatic rings. The second-order valence-electron chi connectivity index (χ2n) is 5.88. The highest BCUT2D eigenvalue weighted by atomic mass is 19.1. The molecule has 1 N–H and O–H groups in total. The van der Waals surface area contributed by atoms with Crippen LogP contribution in [-0.4, -0.2) is 36.5 Å². The standard InChI is InChI=1S/C17H25FN2O/c1-3-10-20(12-14-6-4-5-9-19-14)17(21)15-11-13(2)7-8-16(15)18/h7-8,11,14,19H,3-6,9-10,12H2,1-2H3. The molecule has 1 unspecified atom stereocenters. The molecule has 1 aromatic rings. The summed E-state index contributed by atoms with van der Waals surface area (Å²) in [6.07, 6.45) is 4.37. The summed E-state index contributed by atoms with van der Waals surface area (Å²) in [4.78, 5) is 14.4. The molecular formula is C17H25FN2O. The van der Waals surface area contributed by atoms with Crippen molar-refractivity contribution in [2.24, 2.45) is 0 Å². The zero-order valence-electron chi connectivity index (χ0n) is 13.0. The van der Waals surface area contributed by atoms with Crippen LogP contribution in [0.15, 0.2) is 18.2 Å². The van der Waals surface area contributed by atoms with Crippen LogP contribution in [0.3, 0.4) is 0 Å². The Balaban J connectivity index is 2.12. The number of aryl methyl sites for hydroxylation is 1. The first-order valence-corrected chi connectivity index (χ1v) is 7.90. The molecule has 1 atom stereocenters. The highest BCUT2D eigenvalue weighted by Crippen LogP contribution is 2.15. The highest BCUT2D eigenvalue weighted by Gasteiger charge is 2.23. The summed E-state index contributed by atoms with van der Waals surface area (Å²) in [5.41, 5.74) is 1.10. The largest absolute Gasteiger partial charge is 0.337 e. The van der Waals surface area contributed by atoms with Crippen molar-refractivity contribution in [1.82, 2.24) is 10.2 Å². The molecule has 1 heterocycles. The van der Waals surface area contributed by atoms with Crippen LogP contribution in [0.5, 0.6) is 0 Å². The number of amides is 1. The Morgan fingerprint density at radius 2 is 2.24 bits per heavy atom. The Morgan fingerprint density at radius 3 is 2.90 bits per heavy atom. The summed E-state index contributed by atoms with van der Waals surface area (Å²) in [6, 6.07) is 5.06. The molecule has 1 fully saturated rings. The third-order valence-corrected chi connectivity index (χ3v) is 3.99. The fourth-order valence-electron chi connectivity index (χ4n) is 2.86. The smallest absolute Gasteiger partial charge is 0.256 e. The normalized spacial score (nSPS) is 18.5.